The number of fused-ring (bicyclic) bond motifs is 1. The molecule has 2 N–H and O–H groups in total. The highest BCUT2D eigenvalue weighted by Crippen LogP contribution is 2.34. The number of hydrogen-bond acceptors (Lipinski definition) is 5. The quantitative estimate of drug-likeness (QED) is 0.359. The molecule has 1 aliphatic heterocycles. The Balaban J connectivity index is 1.61. The van der Waals surface area contributed by atoms with Crippen molar-refractivity contribution in [2.24, 2.45) is 0 Å². The predicted octanol–water partition coefficient (Wildman–Crippen LogP) is 6.34. The van der Waals surface area contributed by atoms with Gasteiger partial charge in [-0.2, -0.15) is 0 Å². The Morgan fingerprint density at radius 2 is 1.77 bits per heavy atom. The fourth-order valence-corrected chi connectivity index (χ4v) is 5.48. The van der Waals surface area contributed by atoms with Crippen LogP contribution in [0.1, 0.15) is 90.8 Å². The van der Waals surface area contributed by atoms with Gasteiger partial charge in [-0.25, -0.2) is 0 Å². The molecule has 1 unspecified atom stereocenters. The van der Waals surface area contributed by atoms with Crippen molar-refractivity contribution in [3.8, 4) is 0 Å². The van der Waals surface area contributed by atoms with Crippen molar-refractivity contribution in [1.82, 2.24) is 10.3 Å². The third kappa shape index (κ3) is 5.55. The highest BCUT2D eigenvalue weighted by atomic mass is 16.2. The number of allylic oxidation sites excluding steroid dienone is 1. The minimum Gasteiger partial charge on any atom is -0.352 e. The van der Waals surface area contributed by atoms with Crippen LogP contribution >= 0.6 is 0 Å². The van der Waals surface area contributed by atoms with Crippen molar-refractivity contribution < 1.29 is 14.4 Å². The number of carbonyl (C=O) groups is 3. The van der Waals surface area contributed by atoms with Crippen molar-refractivity contribution in [2.45, 2.75) is 70.4 Å². The second-order valence-corrected chi connectivity index (χ2v) is 11.7. The van der Waals surface area contributed by atoms with Gasteiger partial charge in [0, 0.05) is 46.5 Å². The van der Waals surface area contributed by atoms with Gasteiger partial charge >= 0.3 is 0 Å². The highest BCUT2D eigenvalue weighted by Gasteiger charge is 2.36. The van der Waals surface area contributed by atoms with E-state index in [1.54, 1.807) is 36.7 Å². The molecular weight excluding hydrogens is 500 g/mol. The average molecular weight is 537 g/mol. The Hall–Kier alpha value is -4.26. The standard InChI is InChI=1S/C33H36N4O3/c1-21-30(38)27-19-22(12-17-28(27)35-21)32(40)37(26-15-13-24(14-16-26)33(2,3)4)29(23-9-8-18-34-20-23)31(39)36-25-10-6-5-7-11-25/h8-9,12-20,25,29,35H,1,5-7,10-11H2,2-4H3,(H,36,39). The van der Waals surface area contributed by atoms with Crippen LogP contribution < -0.4 is 15.5 Å². The Bertz CT molecular complexity index is 1430. The molecule has 0 radical (unpaired) electrons. The summed E-state index contributed by atoms with van der Waals surface area (Å²) in [5.74, 6) is -0.880. The number of nitrogens with one attached hydrogen (secondary N) is 2. The molecule has 206 valence electrons. The molecule has 7 heteroatoms. The largest absolute Gasteiger partial charge is 0.352 e. The summed E-state index contributed by atoms with van der Waals surface area (Å²) >= 11 is 0. The molecule has 1 fully saturated rings. The zero-order valence-electron chi connectivity index (χ0n) is 23.4. The van der Waals surface area contributed by atoms with Gasteiger partial charge in [0.2, 0.25) is 11.7 Å². The molecule has 1 aliphatic carbocycles. The molecule has 1 saturated carbocycles. The van der Waals surface area contributed by atoms with E-state index in [1.165, 1.54) is 11.3 Å². The second-order valence-electron chi connectivity index (χ2n) is 11.7. The van der Waals surface area contributed by atoms with Crippen molar-refractivity contribution in [2.75, 3.05) is 10.2 Å². The fraction of sp³-hybridized carbons (Fsp3) is 0.333. The minimum absolute atomic E-state index is 0.0651. The molecule has 40 heavy (non-hydrogen) atoms. The lowest BCUT2D eigenvalue weighted by atomic mass is 9.87. The predicted molar refractivity (Wildman–Crippen MR) is 157 cm³/mol. The van der Waals surface area contributed by atoms with Crippen molar-refractivity contribution >= 4 is 29.0 Å². The number of carbonyl (C=O) groups excluding carboxylic acids is 3. The van der Waals surface area contributed by atoms with Gasteiger partial charge in [0.15, 0.2) is 0 Å². The summed E-state index contributed by atoms with van der Waals surface area (Å²) < 4.78 is 0. The van der Waals surface area contributed by atoms with Gasteiger partial charge in [-0.1, -0.05) is 64.8 Å². The summed E-state index contributed by atoms with van der Waals surface area (Å²) in [5.41, 5.74) is 3.81. The third-order valence-electron chi connectivity index (χ3n) is 7.76. The van der Waals surface area contributed by atoms with Gasteiger partial charge in [0.05, 0.1) is 5.70 Å². The molecule has 7 nitrogen and oxygen atoms in total. The van der Waals surface area contributed by atoms with E-state index in [0.717, 1.165) is 31.2 Å². The number of aromatic nitrogens is 1. The lowest BCUT2D eigenvalue weighted by Crippen LogP contribution is -2.47. The maximum Gasteiger partial charge on any atom is 0.259 e. The van der Waals surface area contributed by atoms with Crippen LogP contribution in [0.3, 0.4) is 0 Å². The summed E-state index contributed by atoms with van der Waals surface area (Å²) in [6.45, 7) is 10.2. The molecule has 3 aromatic rings. The van der Waals surface area contributed by atoms with Crippen LogP contribution in [0.25, 0.3) is 0 Å². The van der Waals surface area contributed by atoms with Gasteiger partial charge in [-0.05, 0) is 60.2 Å². The van der Waals surface area contributed by atoms with E-state index in [2.05, 4.69) is 43.0 Å². The van der Waals surface area contributed by atoms with Gasteiger partial charge in [0.1, 0.15) is 6.04 Å². The lowest BCUT2D eigenvalue weighted by Gasteiger charge is -2.34. The SMILES string of the molecule is C=C1Nc2ccc(C(=O)N(c3ccc(C(C)(C)C)cc3)C(C(=O)NC3CCCCC3)c3cccnc3)cc2C1=O. The molecule has 2 heterocycles. The topological polar surface area (TPSA) is 91.4 Å². The molecule has 0 saturated heterocycles. The Kier molecular flexibility index (Phi) is 7.57. The van der Waals surface area contributed by atoms with E-state index < -0.39 is 6.04 Å². The molecule has 2 aliphatic rings. The molecular formula is C33H36N4O3. The van der Waals surface area contributed by atoms with E-state index in [-0.39, 0.29) is 34.8 Å². The first-order valence-corrected chi connectivity index (χ1v) is 13.9. The first-order valence-electron chi connectivity index (χ1n) is 13.9. The Morgan fingerprint density at radius 1 is 1.05 bits per heavy atom. The highest BCUT2D eigenvalue weighted by molar-refractivity contribution is 6.20. The van der Waals surface area contributed by atoms with Gasteiger partial charge in [0.25, 0.3) is 5.91 Å². The van der Waals surface area contributed by atoms with Gasteiger partial charge in [-0.15, -0.1) is 0 Å². The van der Waals surface area contributed by atoms with E-state index in [1.807, 2.05) is 30.3 Å². The van der Waals surface area contributed by atoms with Crippen molar-refractivity contribution in [3.63, 3.8) is 0 Å². The maximum atomic E-state index is 14.4. The van der Waals surface area contributed by atoms with Gasteiger partial charge < -0.3 is 10.6 Å². The first-order chi connectivity index (χ1) is 19.1. The zero-order chi connectivity index (χ0) is 28.4. The molecule has 0 spiro atoms. The molecule has 2 amide bonds. The second kappa shape index (κ2) is 11.1. The van der Waals surface area contributed by atoms with E-state index >= 15 is 0 Å². The first kappa shape index (κ1) is 27.3. The van der Waals surface area contributed by atoms with Crippen molar-refractivity contribution in [3.05, 3.63) is 102 Å². The zero-order valence-corrected chi connectivity index (χ0v) is 23.4. The van der Waals surface area contributed by atoms with E-state index in [9.17, 15) is 14.4 Å². The van der Waals surface area contributed by atoms with Crippen LogP contribution in [0.2, 0.25) is 0 Å². The number of ketones is 1. The number of rotatable bonds is 6. The normalized spacial score (nSPS) is 16.2. The smallest absolute Gasteiger partial charge is 0.259 e. The molecule has 0 bridgehead atoms. The van der Waals surface area contributed by atoms with Crippen LogP contribution in [0.4, 0.5) is 11.4 Å². The molecule has 2 aromatic carbocycles. The molecule has 1 aromatic heterocycles. The average Bonchev–Trinajstić information content (AvgIpc) is 3.24. The third-order valence-corrected chi connectivity index (χ3v) is 7.76. The molecule has 1 atom stereocenters. The van der Waals surface area contributed by atoms with Crippen LogP contribution in [0.15, 0.2) is 79.3 Å². The summed E-state index contributed by atoms with van der Waals surface area (Å²) in [4.78, 5) is 46.9. The van der Waals surface area contributed by atoms with Crippen LogP contribution in [0.5, 0.6) is 0 Å². The number of nitrogens with zero attached hydrogens (tertiary/aromatic N) is 2. The lowest BCUT2D eigenvalue weighted by molar-refractivity contribution is -0.123. The van der Waals surface area contributed by atoms with Crippen LogP contribution in [0, 0.1) is 0 Å². The van der Waals surface area contributed by atoms with E-state index in [0.29, 0.717) is 28.1 Å². The Morgan fingerprint density at radius 3 is 2.42 bits per heavy atom. The van der Waals surface area contributed by atoms with Crippen LogP contribution in [-0.2, 0) is 10.2 Å². The minimum atomic E-state index is -0.958. The number of amides is 2. The van der Waals surface area contributed by atoms with Gasteiger partial charge in [-0.3, -0.25) is 24.3 Å². The number of benzene rings is 2. The number of anilines is 2. The number of hydrogen-bond donors (Lipinski definition) is 2. The fourth-order valence-electron chi connectivity index (χ4n) is 5.48. The number of pyridine rings is 1. The number of Topliss-reactive ketones (excluding diaryl/α,β-unsaturated/α-hetero) is 1. The summed E-state index contributed by atoms with van der Waals surface area (Å²) in [6, 6.07) is 15.4. The monoisotopic (exact) mass is 536 g/mol. The Labute approximate surface area is 235 Å². The van der Waals surface area contributed by atoms with Crippen LogP contribution in [-0.4, -0.2) is 28.6 Å². The maximum absolute atomic E-state index is 14.4. The van der Waals surface area contributed by atoms with Crippen molar-refractivity contribution in [1.29, 1.82) is 0 Å². The summed E-state index contributed by atoms with van der Waals surface area (Å²) in [6.07, 6.45) is 8.43. The molecule has 5 rings (SSSR count). The summed E-state index contributed by atoms with van der Waals surface area (Å²) in [5, 5.41) is 6.19. The van der Waals surface area contributed by atoms with E-state index in [4.69, 9.17) is 0 Å². The summed E-state index contributed by atoms with van der Waals surface area (Å²) in [7, 11) is 0.